The summed E-state index contributed by atoms with van der Waals surface area (Å²) in [5.74, 6) is -0.240. The molecule has 6 heteroatoms. The zero-order chi connectivity index (χ0) is 14.8. The molecule has 0 spiro atoms. The van der Waals surface area contributed by atoms with E-state index in [1.807, 2.05) is 6.92 Å². The highest BCUT2D eigenvalue weighted by Gasteiger charge is 2.29. The Balaban J connectivity index is 2.21. The smallest absolute Gasteiger partial charge is 0.273 e. The minimum absolute atomic E-state index is 0.0203. The Morgan fingerprint density at radius 2 is 2.05 bits per heavy atom. The van der Waals surface area contributed by atoms with Crippen LogP contribution in [-0.4, -0.2) is 29.5 Å². The molecule has 0 bridgehead atoms. The highest BCUT2D eigenvalue weighted by atomic mass is 16.6. The van der Waals surface area contributed by atoms with Crippen LogP contribution in [0.4, 0.5) is 5.69 Å². The molecule has 1 aromatic rings. The predicted octanol–water partition coefficient (Wildman–Crippen LogP) is 1.78. The molecule has 6 nitrogen and oxygen atoms in total. The summed E-state index contributed by atoms with van der Waals surface area (Å²) in [5.41, 5.74) is 0.513. The van der Waals surface area contributed by atoms with Gasteiger partial charge in [0, 0.05) is 22.7 Å². The van der Waals surface area contributed by atoms with Crippen molar-refractivity contribution in [2.75, 3.05) is 13.1 Å². The second kappa shape index (κ2) is 5.58. The van der Waals surface area contributed by atoms with Crippen molar-refractivity contribution in [2.24, 2.45) is 0 Å². The molecule has 0 atom stereocenters. The van der Waals surface area contributed by atoms with Crippen molar-refractivity contribution in [3.8, 4) is 0 Å². The van der Waals surface area contributed by atoms with Crippen LogP contribution in [0.25, 0.3) is 0 Å². The first-order chi connectivity index (χ1) is 9.43. The molecule has 2 rings (SSSR count). The zero-order valence-corrected chi connectivity index (χ0v) is 11.7. The lowest BCUT2D eigenvalue weighted by Crippen LogP contribution is -2.52. The number of benzene rings is 1. The maximum atomic E-state index is 12.4. The molecule has 0 aromatic heterocycles. The van der Waals surface area contributed by atoms with Crippen LogP contribution in [0.3, 0.4) is 0 Å². The maximum absolute atomic E-state index is 12.4. The number of nitrogens with zero attached hydrogens (tertiary/aromatic N) is 1. The monoisotopic (exact) mass is 277 g/mol. The van der Waals surface area contributed by atoms with E-state index in [0.717, 1.165) is 25.9 Å². The van der Waals surface area contributed by atoms with Crippen molar-refractivity contribution in [1.29, 1.82) is 0 Å². The summed E-state index contributed by atoms with van der Waals surface area (Å²) < 4.78 is 0. The Hall–Kier alpha value is -1.95. The summed E-state index contributed by atoms with van der Waals surface area (Å²) in [6.45, 7) is 5.35. The Morgan fingerprint density at radius 1 is 1.40 bits per heavy atom. The minimum atomic E-state index is -0.460. The summed E-state index contributed by atoms with van der Waals surface area (Å²) in [4.78, 5) is 22.8. The molecule has 1 saturated heterocycles. The van der Waals surface area contributed by atoms with Gasteiger partial charge in [-0.15, -0.1) is 0 Å². The van der Waals surface area contributed by atoms with Gasteiger partial charge in [-0.2, -0.15) is 0 Å². The lowest BCUT2D eigenvalue weighted by atomic mass is 9.90. The van der Waals surface area contributed by atoms with Gasteiger partial charge < -0.3 is 10.6 Å². The average molecular weight is 277 g/mol. The third-order valence-electron chi connectivity index (χ3n) is 3.87. The van der Waals surface area contributed by atoms with Gasteiger partial charge in [0.25, 0.3) is 11.6 Å². The van der Waals surface area contributed by atoms with Crippen molar-refractivity contribution in [1.82, 2.24) is 10.6 Å². The standard InChI is InChI=1S/C14H19N3O3/c1-10-11(4-3-5-12(10)17(19)20)13(18)16-14(2)6-8-15-9-7-14/h3-5,15H,6-9H2,1-2H3,(H,16,18). The van der Waals surface area contributed by atoms with E-state index in [1.165, 1.54) is 6.07 Å². The number of hydrogen-bond donors (Lipinski definition) is 2. The largest absolute Gasteiger partial charge is 0.347 e. The first-order valence-corrected chi connectivity index (χ1v) is 6.70. The number of nitrogens with one attached hydrogen (secondary N) is 2. The molecule has 0 saturated carbocycles. The van der Waals surface area contributed by atoms with Crippen LogP contribution in [0.15, 0.2) is 18.2 Å². The molecule has 1 amide bonds. The Kier molecular flexibility index (Phi) is 4.04. The number of nitro benzene ring substituents is 1. The zero-order valence-electron chi connectivity index (χ0n) is 11.7. The van der Waals surface area contributed by atoms with Crippen molar-refractivity contribution in [2.45, 2.75) is 32.2 Å². The van der Waals surface area contributed by atoms with Crippen molar-refractivity contribution in [3.05, 3.63) is 39.4 Å². The van der Waals surface area contributed by atoms with E-state index in [9.17, 15) is 14.9 Å². The number of carbonyl (C=O) groups excluding carboxylic acids is 1. The third-order valence-corrected chi connectivity index (χ3v) is 3.87. The first-order valence-electron chi connectivity index (χ1n) is 6.70. The van der Waals surface area contributed by atoms with Crippen LogP contribution < -0.4 is 10.6 Å². The number of amides is 1. The first kappa shape index (κ1) is 14.5. The van der Waals surface area contributed by atoms with E-state index in [0.29, 0.717) is 11.1 Å². The Morgan fingerprint density at radius 3 is 2.65 bits per heavy atom. The number of rotatable bonds is 3. The van der Waals surface area contributed by atoms with Crippen molar-refractivity contribution < 1.29 is 9.72 Å². The van der Waals surface area contributed by atoms with Gasteiger partial charge in [-0.3, -0.25) is 14.9 Å². The van der Waals surface area contributed by atoms with Gasteiger partial charge in [0.1, 0.15) is 0 Å². The summed E-state index contributed by atoms with van der Waals surface area (Å²) in [7, 11) is 0. The molecule has 108 valence electrons. The summed E-state index contributed by atoms with van der Waals surface area (Å²) in [5, 5.41) is 17.2. The molecule has 1 aliphatic heterocycles. The Labute approximate surface area is 117 Å². The molecule has 1 aromatic carbocycles. The lowest BCUT2D eigenvalue weighted by Gasteiger charge is -2.35. The van der Waals surface area contributed by atoms with Crippen LogP contribution in [0.5, 0.6) is 0 Å². The summed E-state index contributed by atoms with van der Waals surface area (Å²) >= 11 is 0. The number of nitro groups is 1. The quantitative estimate of drug-likeness (QED) is 0.651. The van der Waals surface area contributed by atoms with Crippen molar-refractivity contribution in [3.63, 3.8) is 0 Å². The van der Waals surface area contributed by atoms with Gasteiger partial charge in [0.2, 0.25) is 0 Å². The number of hydrogen-bond acceptors (Lipinski definition) is 4. The van der Waals surface area contributed by atoms with Crippen LogP contribution in [0, 0.1) is 17.0 Å². The third kappa shape index (κ3) is 2.96. The molecule has 1 aliphatic rings. The number of carbonyl (C=O) groups is 1. The van der Waals surface area contributed by atoms with Crippen LogP contribution in [0.2, 0.25) is 0 Å². The normalized spacial score (nSPS) is 17.5. The highest BCUT2D eigenvalue weighted by molar-refractivity contribution is 5.97. The van der Waals surface area contributed by atoms with E-state index in [2.05, 4.69) is 10.6 Å². The van der Waals surface area contributed by atoms with Crippen LogP contribution in [-0.2, 0) is 0 Å². The van der Waals surface area contributed by atoms with E-state index >= 15 is 0 Å². The molecule has 20 heavy (non-hydrogen) atoms. The molecular weight excluding hydrogens is 258 g/mol. The average Bonchev–Trinajstić information content (AvgIpc) is 2.38. The van der Waals surface area contributed by atoms with Gasteiger partial charge in [-0.05, 0) is 45.8 Å². The molecule has 0 unspecified atom stereocenters. The van der Waals surface area contributed by atoms with Gasteiger partial charge in [0.05, 0.1) is 4.92 Å². The predicted molar refractivity (Wildman–Crippen MR) is 75.8 cm³/mol. The fraction of sp³-hybridized carbons (Fsp3) is 0.500. The molecular formula is C14H19N3O3. The summed E-state index contributed by atoms with van der Waals surface area (Å²) in [6, 6.07) is 4.59. The van der Waals surface area contributed by atoms with Gasteiger partial charge in [0.15, 0.2) is 0 Å². The SMILES string of the molecule is Cc1c(C(=O)NC2(C)CCNCC2)cccc1[N+](=O)[O-]. The van der Waals surface area contributed by atoms with E-state index < -0.39 is 4.92 Å². The van der Waals surface area contributed by atoms with E-state index in [-0.39, 0.29) is 17.1 Å². The van der Waals surface area contributed by atoms with Crippen LogP contribution in [0.1, 0.15) is 35.7 Å². The van der Waals surface area contributed by atoms with Gasteiger partial charge in [-0.1, -0.05) is 6.07 Å². The fourth-order valence-electron chi connectivity index (χ4n) is 2.51. The maximum Gasteiger partial charge on any atom is 0.273 e. The molecule has 0 radical (unpaired) electrons. The Bertz CT molecular complexity index is 536. The van der Waals surface area contributed by atoms with Gasteiger partial charge in [-0.25, -0.2) is 0 Å². The fourth-order valence-corrected chi connectivity index (χ4v) is 2.51. The molecule has 0 aliphatic carbocycles. The molecule has 2 N–H and O–H groups in total. The lowest BCUT2D eigenvalue weighted by molar-refractivity contribution is -0.385. The van der Waals surface area contributed by atoms with E-state index in [1.54, 1.807) is 19.1 Å². The van der Waals surface area contributed by atoms with Gasteiger partial charge >= 0.3 is 0 Å². The topological polar surface area (TPSA) is 84.3 Å². The molecule has 1 fully saturated rings. The summed E-state index contributed by atoms with van der Waals surface area (Å²) in [6.07, 6.45) is 1.71. The second-order valence-electron chi connectivity index (χ2n) is 5.47. The van der Waals surface area contributed by atoms with Crippen molar-refractivity contribution >= 4 is 11.6 Å². The van der Waals surface area contributed by atoms with E-state index in [4.69, 9.17) is 0 Å². The second-order valence-corrected chi connectivity index (χ2v) is 5.47. The number of piperidine rings is 1. The van der Waals surface area contributed by atoms with Crippen LogP contribution >= 0.6 is 0 Å². The minimum Gasteiger partial charge on any atom is -0.347 e. The molecule has 1 heterocycles. The highest BCUT2D eigenvalue weighted by Crippen LogP contribution is 2.23.